The van der Waals surface area contributed by atoms with Gasteiger partial charge in [-0.05, 0) is 49.7 Å². The number of nitrogens with zero attached hydrogens (tertiary/aromatic N) is 3. The lowest BCUT2D eigenvalue weighted by Crippen LogP contribution is -2.49. The van der Waals surface area contributed by atoms with Gasteiger partial charge in [0.2, 0.25) is 0 Å². The molecule has 1 amide bonds. The molecule has 0 saturated carbocycles. The number of carboxylic acid groups (broad SMARTS) is 2. The zero-order chi connectivity index (χ0) is 27.9. The van der Waals surface area contributed by atoms with Crippen LogP contribution in [-0.2, 0) is 27.5 Å². The Bertz CT molecular complexity index is 1460. The fourth-order valence-electron chi connectivity index (χ4n) is 4.82. The van der Waals surface area contributed by atoms with E-state index in [9.17, 15) is 4.79 Å². The van der Waals surface area contributed by atoms with Crippen LogP contribution in [0, 0.1) is 6.92 Å². The highest BCUT2D eigenvalue weighted by Crippen LogP contribution is 2.30. The molecule has 0 spiro atoms. The first-order valence-electron chi connectivity index (χ1n) is 12.9. The van der Waals surface area contributed by atoms with E-state index in [1.54, 1.807) is 0 Å². The summed E-state index contributed by atoms with van der Waals surface area (Å²) >= 11 is 0. The molecule has 204 valence electrons. The van der Waals surface area contributed by atoms with Crippen LogP contribution < -0.4 is 4.74 Å². The van der Waals surface area contributed by atoms with Gasteiger partial charge in [-0.3, -0.25) is 9.69 Å². The van der Waals surface area contributed by atoms with Gasteiger partial charge in [0.25, 0.3) is 5.91 Å². The molecule has 1 saturated heterocycles. The van der Waals surface area contributed by atoms with Gasteiger partial charge in [0.15, 0.2) is 6.61 Å². The van der Waals surface area contributed by atoms with Crippen molar-refractivity contribution in [2.75, 3.05) is 32.8 Å². The normalized spacial score (nSPS) is 13.6. The van der Waals surface area contributed by atoms with Crippen LogP contribution in [0.4, 0.5) is 0 Å². The number of aromatic nitrogens is 1. The number of para-hydroxylation sites is 1. The number of carbonyl (C=O) groups excluding carboxylic acids is 1. The van der Waals surface area contributed by atoms with Gasteiger partial charge in [-0.15, -0.1) is 0 Å². The second-order valence-corrected chi connectivity index (χ2v) is 9.48. The number of hydrogen-bond donors (Lipinski definition) is 2. The Morgan fingerprint density at radius 2 is 1.46 bits per heavy atom. The highest BCUT2D eigenvalue weighted by Gasteiger charge is 2.22. The number of aryl methyl sites for hydroxylation is 2. The maximum atomic E-state index is 12.6. The highest BCUT2D eigenvalue weighted by molar-refractivity contribution is 6.27. The van der Waals surface area contributed by atoms with E-state index in [0.29, 0.717) is 0 Å². The molecule has 1 aliphatic heterocycles. The summed E-state index contributed by atoms with van der Waals surface area (Å²) in [5, 5.41) is 17.4. The van der Waals surface area contributed by atoms with E-state index >= 15 is 0 Å². The number of piperazine rings is 1. The average molecular weight is 532 g/mol. The van der Waals surface area contributed by atoms with Gasteiger partial charge in [-0.2, -0.15) is 0 Å². The summed E-state index contributed by atoms with van der Waals surface area (Å²) in [6, 6.07) is 23.3. The lowest BCUT2D eigenvalue weighted by atomic mass is 10.1. The number of hydrogen-bond acceptors (Lipinski definition) is 5. The first kappa shape index (κ1) is 27.7. The zero-order valence-electron chi connectivity index (χ0n) is 22.2. The standard InChI is InChI=1S/C28H31N3O2.C2H2O4/c1-3-31-26-7-5-4-6-24(26)25-18-22(10-13-27(25)31)19-29-14-16-30(17-15-29)28(32)20-33-23-11-8-21(2)9-12-23;3-1(4)2(5)6/h4-13,18H,3,14-17,19-20H2,1-2H3;(H,3,4)(H,5,6). The number of carbonyl (C=O) groups is 3. The van der Waals surface area contributed by atoms with Gasteiger partial charge in [0.05, 0.1) is 0 Å². The minimum Gasteiger partial charge on any atom is -0.484 e. The topological polar surface area (TPSA) is 112 Å². The molecular weight excluding hydrogens is 498 g/mol. The number of amides is 1. The van der Waals surface area contributed by atoms with Crippen LogP contribution in [0.1, 0.15) is 18.1 Å². The van der Waals surface area contributed by atoms with Crippen molar-refractivity contribution < 1.29 is 29.3 Å². The Balaban J connectivity index is 0.000000531. The minimum atomic E-state index is -1.82. The van der Waals surface area contributed by atoms with E-state index in [1.807, 2.05) is 36.1 Å². The molecule has 4 aromatic rings. The minimum absolute atomic E-state index is 0.0593. The third-order valence-corrected chi connectivity index (χ3v) is 6.85. The second kappa shape index (κ2) is 12.4. The number of benzene rings is 3. The van der Waals surface area contributed by atoms with Crippen LogP contribution in [-0.4, -0.2) is 75.2 Å². The quantitative estimate of drug-likeness (QED) is 0.362. The molecule has 0 bridgehead atoms. The molecule has 0 radical (unpaired) electrons. The molecule has 9 nitrogen and oxygen atoms in total. The molecule has 2 N–H and O–H groups in total. The molecule has 0 atom stereocenters. The second-order valence-electron chi connectivity index (χ2n) is 9.48. The van der Waals surface area contributed by atoms with Crippen molar-refractivity contribution in [2.24, 2.45) is 0 Å². The van der Waals surface area contributed by atoms with E-state index in [0.717, 1.165) is 45.0 Å². The Hall–Kier alpha value is -4.37. The molecule has 9 heteroatoms. The van der Waals surface area contributed by atoms with Crippen molar-refractivity contribution in [3.8, 4) is 5.75 Å². The monoisotopic (exact) mass is 531 g/mol. The fourth-order valence-corrected chi connectivity index (χ4v) is 4.82. The Morgan fingerprint density at radius 1 is 0.821 bits per heavy atom. The average Bonchev–Trinajstić information content (AvgIpc) is 3.26. The third kappa shape index (κ3) is 6.74. The maximum Gasteiger partial charge on any atom is 0.414 e. The number of ether oxygens (including phenoxy) is 1. The summed E-state index contributed by atoms with van der Waals surface area (Å²) in [6.07, 6.45) is 0. The van der Waals surface area contributed by atoms with Crippen LogP contribution in [0.3, 0.4) is 0 Å². The van der Waals surface area contributed by atoms with E-state index < -0.39 is 11.9 Å². The molecule has 0 unspecified atom stereocenters. The Morgan fingerprint density at radius 3 is 2.10 bits per heavy atom. The highest BCUT2D eigenvalue weighted by atomic mass is 16.5. The molecule has 1 aromatic heterocycles. The predicted molar refractivity (Wildman–Crippen MR) is 149 cm³/mol. The van der Waals surface area contributed by atoms with Gasteiger partial charge in [0, 0.05) is 61.1 Å². The molecule has 3 aromatic carbocycles. The summed E-state index contributed by atoms with van der Waals surface area (Å²) < 4.78 is 8.07. The smallest absolute Gasteiger partial charge is 0.414 e. The number of rotatable bonds is 6. The fraction of sp³-hybridized carbons (Fsp3) is 0.300. The van der Waals surface area contributed by atoms with Gasteiger partial charge in [-0.25, -0.2) is 9.59 Å². The Labute approximate surface area is 226 Å². The van der Waals surface area contributed by atoms with Crippen molar-refractivity contribution in [3.63, 3.8) is 0 Å². The molecular formula is C30H33N3O6. The lowest BCUT2D eigenvalue weighted by Gasteiger charge is -2.34. The molecule has 1 aliphatic rings. The van der Waals surface area contributed by atoms with Gasteiger partial charge in [-0.1, -0.05) is 42.0 Å². The molecule has 2 heterocycles. The zero-order valence-corrected chi connectivity index (χ0v) is 22.2. The van der Waals surface area contributed by atoms with Crippen LogP contribution in [0.2, 0.25) is 0 Å². The van der Waals surface area contributed by atoms with E-state index in [1.165, 1.54) is 32.9 Å². The lowest BCUT2D eigenvalue weighted by molar-refractivity contribution is -0.159. The molecule has 1 fully saturated rings. The van der Waals surface area contributed by atoms with Gasteiger partial charge < -0.3 is 24.4 Å². The molecule has 39 heavy (non-hydrogen) atoms. The first-order chi connectivity index (χ1) is 18.8. The number of fused-ring (bicyclic) bond motifs is 3. The van der Waals surface area contributed by atoms with Crippen LogP contribution in [0.25, 0.3) is 21.8 Å². The first-order valence-corrected chi connectivity index (χ1v) is 12.9. The Kier molecular flexibility index (Phi) is 8.83. The van der Waals surface area contributed by atoms with Crippen molar-refractivity contribution in [1.82, 2.24) is 14.4 Å². The van der Waals surface area contributed by atoms with E-state index in [2.05, 4.69) is 58.9 Å². The van der Waals surface area contributed by atoms with Crippen LogP contribution >= 0.6 is 0 Å². The largest absolute Gasteiger partial charge is 0.484 e. The molecule has 0 aliphatic carbocycles. The van der Waals surface area contributed by atoms with Crippen LogP contribution in [0.5, 0.6) is 5.75 Å². The van der Waals surface area contributed by atoms with E-state index in [-0.39, 0.29) is 12.5 Å². The van der Waals surface area contributed by atoms with Crippen molar-refractivity contribution >= 4 is 39.7 Å². The summed E-state index contributed by atoms with van der Waals surface area (Å²) in [4.78, 5) is 35.1. The summed E-state index contributed by atoms with van der Waals surface area (Å²) in [5.41, 5.74) is 5.10. The maximum absolute atomic E-state index is 12.6. The molecule has 5 rings (SSSR count). The van der Waals surface area contributed by atoms with Crippen molar-refractivity contribution in [1.29, 1.82) is 0 Å². The SMILES string of the molecule is CCn1c2ccccc2c2cc(CN3CCN(C(=O)COc4ccc(C)cc4)CC3)ccc21.O=C(O)C(=O)O. The summed E-state index contributed by atoms with van der Waals surface area (Å²) in [6.45, 7) is 9.46. The van der Waals surface area contributed by atoms with Crippen molar-refractivity contribution in [3.05, 3.63) is 77.9 Å². The number of aliphatic carboxylic acids is 2. The number of carboxylic acids is 2. The van der Waals surface area contributed by atoms with Crippen molar-refractivity contribution in [2.45, 2.75) is 26.9 Å². The summed E-state index contributed by atoms with van der Waals surface area (Å²) in [7, 11) is 0. The predicted octanol–water partition coefficient (Wildman–Crippen LogP) is 4.00. The van der Waals surface area contributed by atoms with Crippen LogP contribution in [0.15, 0.2) is 66.7 Å². The van der Waals surface area contributed by atoms with Gasteiger partial charge in [0.1, 0.15) is 5.75 Å². The third-order valence-electron chi connectivity index (χ3n) is 6.85. The van der Waals surface area contributed by atoms with E-state index in [4.69, 9.17) is 24.5 Å². The van der Waals surface area contributed by atoms with Gasteiger partial charge >= 0.3 is 11.9 Å². The summed E-state index contributed by atoms with van der Waals surface area (Å²) in [5.74, 6) is -2.85.